The van der Waals surface area contributed by atoms with Crippen LogP contribution in [0.2, 0.25) is 0 Å². The molecule has 0 radical (unpaired) electrons. The van der Waals surface area contributed by atoms with Crippen molar-refractivity contribution >= 4 is 64.3 Å². The molecule has 0 amide bonds. The van der Waals surface area contributed by atoms with Crippen molar-refractivity contribution in [1.29, 1.82) is 0 Å². The van der Waals surface area contributed by atoms with E-state index in [-0.39, 0.29) is 35.3 Å². The molecular weight excluding hydrogens is 461 g/mol. The van der Waals surface area contributed by atoms with Crippen LogP contribution in [0.4, 0.5) is 13.2 Å². The number of halogens is 4. The number of ether oxygens (including phenoxy) is 1. The van der Waals surface area contributed by atoms with E-state index in [0.717, 1.165) is 15.7 Å². The molecule has 0 N–H and O–H groups in total. The molecule has 0 aliphatic rings. The van der Waals surface area contributed by atoms with Crippen LogP contribution in [0.25, 0.3) is 0 Å². The zero-order chi connectivity index (χ0) is 17.7. The molecule has 0 aliphatic carbocycles. The van der Waals surface area contributed by atoms with Gasteiger partial charge in [-0.15, -0.1) is 0 Å². The monoisotopic (exact) mass is 473 g/mol. The van der Waals surface area contributed by atoms with Gasteiger partial charge in [0.25, 0.3) is 0 Å². The van der Waals surface area contributed by atoms with E-state index < -0.39 is 17.7 Å². The van der Waals surface area contributed by atoms with Crippen LogP contribution in [0.3, 0.4) is 0 Å². The van der Waals surface area contributed by atoms with Crippen LogP contribution in [0.15, 0.2) is 47.6 Å². The van der Waals surface area contributed by atoms with Crippen molar-refractivity contribution in [3.63, 3.8) is 0 Å². The van der Waals surface area contributed by atoms with Gasteiger partial charge < -0.3 is 9.57 Å². The molecule has 2 aromatic carbocycles. The molecule has 9 heteroatoms. The van der Waals surface area contributed by atoms with E-state index in [9.17, 15) is 18.0 Å². The Morgan fingerprint density at radius 3 is 2.28 bits per heavy atom. The molecule has 2 rings (SSSR count). The van der Waals surface area contributed by atoms with Crippen LogP contribution in [0.1, 0.15) is 18.1 Å². The summed E-state index contributed by atoms with van der Waals surface area (Å²) in [4.78, 5) is 15.2. The van der Waals surface area contributed by atoms with Crippen LogP contribution < -0.4 is 4.74 Å². The molecule has 0 aromatic heterocycles. The van der Waals surface area contributed by atoms with Crippen molar-refractivity contribution in [2.75, 3.05) is 0 Å². The summed E-state index contributed by atoms with van der Waals surface area (Å²) in [6.45, 7) is 1.23. The summed E-state index contributed by atoms with van der Waals surface area (Å²) in [7, 11) is 0. The average molecular weight is 473 g/mol. The van der Waals surface area contributed by atoms with Gasteiger partial charge in [0.05, 0.1) is 11.8 Å². The number of oxime groups is 1. The number of hydrogen-bond acceptors (Lipinski definition) is 4. The number of hydrogen-bond donors (Lipinski definition) is 0. The topological polar surface area (TPSA) is 47.9 Å². The van der Waals surface area contributed by atoms with Crippen LogP contribution in [-0.2, 0) is 15.8 Å². The number of carbonyl (C=O) groups is 1. The predicted octanol–water partition coefficient (Wildman–Crippen LogP) is 4.35. The molecule has 0 atom stereocenters. The standard InChI is InChI=1S/C16H11F3INO3.Na.H/c1-10(22)24-21-9-11-8-14(6-7-15(11)20)23-13-4-2-12(3-5-13)16(17,18)19;;/h2-9H,1H3;;. The Morgan fingerprint density at radius 1 is 1.12 bits per heavy atom. The summed E-state index contributed by atoms with van der Waals surface area (Å²) in [6, 6.07) is 9.43. The van der Waals surface area contributed by atoms with Crippen molar-refractivity contribution in [2.45, 2.75) is 13.1 Å². The van der Waals surface area contributed by atoms with Gasteiger partial charge in [-0.05, 0) is 65.1 Å². The first-order chi connectivity index (χ1) is 11.3. The second kappa shape index (κ2) is 9.56. The fraction of sp³-hybridized carbons (Fsp3) is 0.125. The summed E-state index contributed by atoms with van der Waals surface area (Å²) < 4.78 is 43.9. The Bertz CT molecular complexity index is 764. The summed E-state index contributed by atoms with van der Waals surface area (Å²) >= 11 is 2.07. The van der Waals surface area contributed by atoms with E-state index in [0.29, 0.717) is 11.3 Å². The Hall–Kier alpha value is -1.10. The first kappa shape index (κ1) is 21.9. The second-order valence-corrected chi connectivity index (χ2v) is 5.79. The van der Waals surface area contributed by atoms with Gasteiger partial charge in [-0.3, -0.25) is 0 Å². The Labute approximate surface area is 177 Å². The van der Waals surface area contributed by atoms with Gasteiger partial charge in [0.1, 0.15) is 11.5 Å². The second-order valence-electron chi connectivity index (χ2n) is 4.62. The molecule has 0 bridgehead atoms. The maximum absolute atomic E-state index is 12.5. The molecule has 2 aromatic rings. The minimum absolute atomic E-state index is 0. The van der Waals surface area contributed by atoms with Crippen LogP contribution in [0.5, 0.6) is 11.5 Å². The van der Waals surface area contributed by atoms with Gasteiger partial charge in [-0.25, -0.2) is 4.79 Å². The molecule has 0 heterocycles. The molecule has 0 saturated heterocycles. The van der Waals surface area contributed by atoms with Gasteiger partial charge in [0.2, 0.25) is 0 Å². The van der Waals surface area contributed by atoms with Crippen molar-refractivity contribution in [2.24, 2.45) is 5.16 Å². The zero-order valence-corrected chi connectivity index (χ0v) is 14.5. The van der Waals surface area contributed by atoms with Gasteiger partial charge >= 0.3 is 41.7 Å². The van der Waals surface area contributed by atoms with Crippen molar-refractivity contribution in [1.82, 2.24) is 0 Å². The number of nitrogens with zero attached hydrogens (tertiary/aromatic N) is 1. The van der Waals surface area contributed by atoms with E-state index in [2.05, 4.69) is 32.6 Å². The summed E-state index contributed by atoms with van der Waals surface area (Å²) in [5.74, 6) is 0.143. The quantitative estimate of drug-likeness (QED) is 0.218. The Morgan fingerprint density at radius 2 is 1.72 bits per heavy atom. The summed E-state index contributed by atoms with van der Waals surface area (Å²) in [5, 5.41) is 3.53. The number of alkyl halides is 3. The third-order valence-electron chi connectivity index (χ3n) is 2.76. The first-order valence-corrected chi connectivity index (χ1v) is 7.69. The number of benzene rings is 2. The van der Waals surface area contributed by atoms with E-state index in [1.807, 2.05) is 0 Å². The van der Waals surface area contributed by atoms with E-state index in [1.54, 1.807) is 18.2 Å². The summed E-state index contributed by atoms with van der Waals surface area (Å²) in [6.07, 6.45) is -3.04. The zero-order valence-electron chi connectivity index (χ0n) is 12.3. The average Bonchev–Trinajstić information content (AvgIpc) is 2.50. The van der Waals surface area contributed by atoms with Crippen molar-refractivity contribution in [3.8, 4) is 11.5 Å². The fourth-order valence-electron chi connectivity index (χ4n) is 1.69. The molecule has 0 fully saturated rings. The predicted molar refractivity (Wildman–Crippen MR) is 97.2 cm³/mol. The van der Waals surface area contributed by atoms with Crippen LogP contribution in [0, 0.1) is 3.57 Å². The van der Waals surface area contributed by atoms with Crippen LogP contribution >= 0.6 is 22.6 Å². The number of rotatable bonds is 4. The number of carbonyl (C=O) groups excluding carboxylic acids is 1. The molecule has 0 saturated carbocycles. The SMILES string of the molecule is CC(=O)ON=Cc1cc(Oc2ccc(C(F)(F)F)cc2)ccc1I.[NaH]. The van der Waals surface area contributed by atoms with E-state index in [4.69, 9.17) is 4.74 Å². The Kier molecular flexibility index (Phi) is 8.39. The van der Waals surface area contributed by atoms with Gasteiger partial charge in [0.15, 0.2) is 0 Å². The maximum atomic E-state index is 12.5. The van der Waals surface area contributed by atoms with Gasteiger partial charge in [0, 0.05) is 16.1 Å². The molecule has 25 heavy (non-hydrogen) atoms. The van der Waals surface area contributed by atoms with E-state index >= 15 is 0 Å². The third kappa shape index (κ3) is 6.96. The fourth-order valence-corrected chi connectivity index (χ4v) is 2.16. The summed E-state index contributed by atoms with van der Waals surface area (Å²) in [5.41, 5.74) is -0.104. The first-order valence-electron chi connectivity index (χ1n) is 6.61. The molecule has 4 nitrogen and oxygen atoms in total. The van der Waals surface area contributed by atoms with Crippen LogP contribution in [-0.4, -0.2) is 41.7 Å². The van der Waals surface area contributed by atoms with Gasteiger partial charge in [-0.1, -0.05) is 5.16 Å². The molecule has 0 spiro atoms. The van der Waals surface area contributed by atoms with Crippen molar-refractivity contribution < 1.29 is 27.5 Å². The Balaban J connectivity index is 0.00000312. The van der Waals surface area contributed by atoms with Gasteiger partial charge in [-0.2, -0.15) is 13.2 Å². The minimum atomic E-state index is -4.39. The third-order valence-corrected chi connectivity index (χ3v) is 3.74. The van der Waals surface area contributed by atoms with Crippen molar-refractivity contribution in [3.05, 3.63) is 57.2 Å². The molecule has 128 valence electrons. The normalized spacial score (nSPS) is 11.1. The molecule has 0 aliphatic heterocycles. The molecule has 0 unspecified atom stereocenters. The van der Waals surface area contributed by atoms with E-state index in [1.165, 1.54) is 25.3 Å². The molecular formula is C16H12F3INNaO3.